The zero-order valence-electron chi connectivity index (χ0n) is 23.2. The molecule has 0 bridgehead atoms. The second-order valence-electron chi connectivity index (χ2n) is 9.51. The van der Waals surface area contributed by atoms with Gasteiger partial charge in [-0.05, 0) is 54.4 Å². The quantitative estimate of drug-likeness (QED) is 0.186. The molecular formula is C30H30N4O6S. The lowest BCUT2D eigenvalue weighted by Gasteiger charge is -2.21. The number of fused-ring (bicyclic) bond motifs is 2. The van der Waals surface area contributed by atoms with Crippen LogP contribution < -0.4 is 19.1 Å². The van der Waals surface area contributed by atoms with Crippen molar-refractivity contribution in [3.63, 3.8) is 0 Å². The van der Waals surface area contributed by atoms with Crippen LogP contribution in [0.15, 0.2) is 54.6 Å². The predicted octanol–water partition coefficient (Wildman–Crippen LogP) is 6.59. The lowest BCUT2D eigenvalue weighted by atomic mass is 10.0. The van der Waals surface area contributed by atoms with Crippen molar-refractivity contribution >= 4 is 51.4 Å². The van der Waals surface area contributed by atoms with Gasteiger partial charge in [0.2, 0.25) is 11.8 Å². The van der Waals surface area contributed by atoms with E-state index in [1.807, 2.05) is 47.0 Å². The van der Waals surface area contributed by atoms with Crippen molar-refractivity contribution in [2.24, 2.45) is 0 Å². The lowest BCUT2D eigenvalue weighted by Crippen LogP contribution is -2.29. The maximum atomic E-state index is 12.6. The fraction of sp³-hybridized carbons (Fsp3) is 0.267. The van der Waals surface area contributed by atoms with Crippen LogP contribution in [0.3, 0.4) is 0 Å². The topological polar surface area (TPSA) is 116 Å². The van der Waals surface area contributed by atoms with Gasteiger partial charge >= 0.3 is 6.16 Å². The lowest BCUT2D eigenvalue weighted by molar-refractivity contribution is -0.116. The monoisotopic (exact) mass is 574 g/mol. The molecule has 5 aromatic rings. The summed E-state index contributed by atoms with van der Waals surface area (Å²) < 4.78 is 27.1. The van der Waals surface area contributed by atoms with Crippen molar-refractivity contribution in [3.8, 4) is 28.5 Å². The summed E-state index contributed by atoms with van der Waals surface area (Å²) >= 11 is 1.14. The van der Waals surface area contributed by atoms with Crippen LogP contribution >= 0.6 is 11.7 Å². The number of carboxylic acid groups (broad SMARTS) is 1. The van der Waals surface area contributed by atoms with Crippen molar-refractivity contribution < 1.29 is 28.9 Å². The van der Waals surface area contributed by atoms with Gasteiger partial charge in [0, 0.05) is 36.2 Å². The van der Waals surface area contributed by atoms with Crippen LogP contribution in [0.1, 0.15) is 32.3 Å². The molecule has 0 saturated heterocycles. The van der Waals surface area contributed by atoms with Gasteiger partial charge in [0.05, 0.1) is 43.6 Å². The molecule has 0 aliphatic carbocycles. The number of ether oxygens (including phenoxy) is 3. The third-order valence-corrected chi connectivity index (χ3v) is 7.50. The van der Waals surface area contributed by atoms with Crippen molar-refractivity contribution in [3.05, 3.63) is 60.2 Å². The first-order chi connectivity index (χ1) is 19.8. The number of hydrogen-bond acceptors (Lipinski definition) is 8. The molecule has 1 N–H and O–H groups in total. The summed E-state index contributed by atoms with van der Waals surface area (Å²) in [7, 11) is 3.10. The van der Waals surface area contributed by atoms with Crippen LogP contribution in [-0.2, 0) is 11.3 Å². The molecule has 1 amide bonds. The van der Waals surface area contributed by atoms with Gasteiger partial charge in [-0.15, -0.1) is 0 Å². The molecule has 2 heterocycles. The number of rotatable bonds is 10. The van der Waals surface area contributed by atoms with Crippen LogP contribution in [0, 0.1) is 0 Å². The van der Waals surface area contributed by atoms with E-state index in [1.165, 1.54) is 0 Å². The van der Waals surface area contributed by atoms with E-state index in [0.29, 0.717) is 46.8 Å². The van der Waals surface area contributed by atoms with Gasteiger partial charge in [0.15, 0.2) is 0 Å². The Morgan fingerprint density at radius 1 is 1.00 bits per heavy atom. The molecule has 0 saturated carbocycles. The Balaban J connectivity index is 1.79. The molecule has 0 fully saturated rings. The highest BCUT2D eigenvalue weighted by Gasteiger charge is 2.26. The first kappa shape index (κ1) is 27.9. The van der Waals surface area contributed by atoms with Crippen LogP contribution in [0.2, 0.25) is 0 Å². The average Bonchev–Trinajstić information content (AvgIpc) is 3.54. The van der Waals surface area contributed by atoms with E-state index in [4.69, 9.17) is 14.2 Å². The predicted molar refractivity (Wildman–Crippen MR) is 159 cm³/mol. The van der Waals surface area contributed by atoms with Crippen LogP contribution in [-0.4, -0.2) is 51.2 Å². The zero-order valence-corrected chi connectivity index (χ0v) is 24.0. The van der Waals surface area contributed by atoms with Gasteiger partial charge in [-0.2, -0.15) is 8.75 Å². The molecule has 11 heteroatoms. The van der Waals surface area contributed by atoms with Crippen LogP contribution in [0.25, 0.3) is 33.1 Å². The Hall–Kier alpha value is -4.64. The smallest absolute Gasteiger partial charge is 0.497 e. The van der Waals surface area contributed by atoms with Crippen molar-refractivity contribution in [2.45, 2.75) is 33.2 Å². The maximum Gasteiger partial charge on any atom is 0.512 e. The first-order valence-electron chi connectivity index (χ1n) is 13.1. The van der Waals surface area contributed by atoms with Gasteiger partial charge in [-0.1, -0.05) is 19.4 Å². The van der Waals surface area contributed by atoms with E-state index in [0.717, 1.165) is 46.7 Å². The normalized spacial score (nSPS) is 11.1. The number of methoxy groups -OCH3 is 2. The molecule has 0 spiro atoms. The molecule has 0 aliphatic rings. The third-order valence-electron chi connectivity index (χ3n) is 6.95. The summed E-state index contributed by atoms with van der Waals surface area (Å²) in [6.07, 6.45) is 0.334. The van der Waals surface area contributed by atoms with Crippen molar-refractivity contribution in [2.75, 3.05) is 25.7 Å². The second-order valence-corrected chi connectivity index (χ2v) is 10.0. The highest BCUT2D eigenvalue weighted by atomic mass is 32.1. The first-order valence-corrected chi connectivity index (χ1v) is 13.9. The summed E-state index contributed by atoms with van der Waals surface area (Å²) in [6, 6.07) is 16.8. The standard InChI is InChI=1S/C30H30N4O6S/c1-5-6-13-33(18(2)35)20-8-12-26-23(15-20)28(22-10-9-21(38-3)16-27(22)39-4)29(40-30(36)37)34(26)17-19-7-11-24-25(14-19)32-41-31-24/h7-12,14-16H,5-6,13,17H2,1-4H3,(H,36,37). The molecule has 0 radical (unpaired) electrons. The van der Waals surface area contributed by atoms with E-state index >= 15 is 0 Å². The highest BCUT2D eigenvalue weighted by Crippen LogP contribution is 2.46. The Morgan fingerprint density at radius 3 is 2.51 bits per heavy atom. The SMILES string of the molecule is CCCCN(C(C)=O)c1ccc2c(c1)c(-c1ccc(OC)cc1OC)c(OC(=O)O)n2Cc1ccc2nsnc2c1. The largest absolute Gasteiger partial charge is 0.512 e. The van der Waals surface area contributed by atoms with E-state index < -0.39 is 6.16 Å². The molecule has 3 aromatic carbocycles. The number of aromatic nitrogens is 3. The number of hydrogen-bond donors (Lipinski definition) is 1. The van der Waals surface area contributed by atoms with Crippen LogP contribution in [0.4, 0.5) is 10.5 Å². The molecule has 0 unspecified atom stereocenters. The fourth-order valence-electron chi connectivity index (χ4n) is 4.99. The summed E-state index contributed by atoms with van der Waals surface area (Å²) in [4.78, 5) is 26.4. The van der Waals surface area contributed by atoms with Gasteiger partial charge in [0.25, 0.3) is 0 Å². The minimum atomic E-state index is -1.45. The summed E-state index contributed by atoms with van der Waals surface area (Å²) in [6.45, 7) is 4.49. The maximum absolute atomic E-state index is 12.6. The van der Waals surface area contributed by atoms with Crippen LogP contribution in [0.5, 0.6) is 17.4 Å². The van der Waals surface area contributed by atoms with E-state index in [9.17, 15) is 14.7 Å². The number of anilines is 1. The van der Waals surface area contributed by atoms with E-state index in [-0.39, 0.29) is 11.8 Å². The average molecular weight is 575 g/mol. The molecule has 5 rings (SSSR count). The Morgan fingerprint density at radius 2 is 1.80 bits per heavy atom. The molecule has 2 aromatic heterocycles. The van der Waals surface area contributed by atoms with E-state index in [2.05, 4.69) is 15.7 Å². The number of unbranched alkanes of at least 4 members (excludes halogenated alkanes) is 1. The van der Waals surface area contributed by atoms with Gasteiger partial charge in [0.1, 0.15) is 22.5 Å². The second kappa shape index (κ2) is 11.8. The Kier molecular flexibility index (Phi) is 8.06. The summed E-state index contributed by atoms with van der Waals surface area (Å²) in [5.74, 6) is 1.12. The van der Waals surface area contributed by atoms with Crippen molar-refractivity contribution in [1.82, 2.24) is 13.3 Å². The highest BCUT2D eigenvalue weighted by molar-refractivity contribution is 7.00. The number of amides is 1. The van der Waals surface area contributed by atoms with Gasteiger partial charge in [-0.3, -0.25) is 4.79 Å². The van der Waals surface area contributed by atoms with Gasteiger partial charge in [-0.25, -0.2) is 4.79 Å². The third kappa shape index (κ3) is 5.53. The molecular weight excluding hydrogens is 544 g/mol. The van der Waals surface area contributed by atoms with Crippen molar-refractivity contribution in [1.29, 1.82) is 0 Å². The number of nitrogens with zero attached hydrogens (tertiary/aromatic N) is 4. The van der Waals surface area contributed by atoms with E-state index in [1.54, 1.807) is 38.2 Å². The Bertz CT molecular complexity index is 1740. The number of carbonyl (C=O) groups is 2. The molecule has 0 atom stereocenters. The molecule has 10 nitrogen and oxygen atoms in total. The Labute approximate surface area is 241 Å². The summed E-state index contributed by atoms with van der Waals surface area (Å²) in [5.41, 5.74) is 5.03. The minimum absolute atomic E-state index is 0.0759. The molecule has 0 aliphatic heterocycles. The summed E-state index contributed by atoms with van der Waals surface area (Å²) in [5, 5.41) is 10.5. The number of benzene rings is 3. The number of carbonyl (C=O) groups excluding carboxylic acids is 1. The minimum Gasteiger partial charge on any atom is -0.497 e. The van der Waals surface area contributed by atoms with Gasteiger partial charge < -0.3 is 28.8 Å². The zero-order chi connectivity index (χ0) is 29.1. The molecule has 212 valence electrons. The molecule has 41 heavy (non-hydrogen) atoms. The fourth-order valence-corrected chi connectivity index (χ4v) is 5.51.